The third kappa shape index (κ3) is 4.31. The second-order valence-electron chi connectivity index (χ2n) is 5.56. The first-order valence-electron chi connectivity index (χ1n) is 7.22. The maximum absolute atomic E-state index is 12.1. The van der Waals surface area contributed by atoms with Gasteiger partial charge in [0, 0.05) is 51.9 Å². The fourth-order valence-corrected chi connectivity index (χ4v) is 2.51. The molecule has 1 aliphatic heterocycles. The molecule has 1 atom stereocenters. The first-order chi connectivity index (χ1) is 9.54. The summed E-state index contributed by atoms with van der Waals surface area (Å²) in [5.41, 5.74) is 1.11. The van der Waals surface area contributed by atoms with E-state index in [-0.39, 0.29) is 12.0 Å². The Kier molecular flexibility index (Phi) is 5.14. The number of aryl methyl sites for hydroxylation is 2. The lowest BCUT2D eigenvalue weighted by molar-refractivity contribution is -0.133. The number of aliphatic hydroxyl groups excluding tert-OH is 1. The van der Waals surface area contributed by atoms with E-state index in [1.54, 1.807) is 13.1 Å². The molecule has 6 heteroatoms. The fraction of sp³-hybridized carbons (Fsp3) is 0.714. The van der Waals surface area contributed by atoms with Gasteiger partial charge in [0.15, 0.2) is 0 Å². The molecule has 2 heterocycles. The molecule has 0 aromatic carbocycles. The Morgan fingerprint density at radius 1 is 1.40 bits per heavy atom. The molecule has 0 saturated carbocycles. The molecule has 0 radical (unpaired) electrons. The van der Waals surface area contributed by atoms with Gasteiger partial charge in [-0.2, -0.15) is 5.10 Å². The number of hydrogen-bond donors (Lipinski definition) is 1. The quantitative estimate of drug-likeness (QED) is 0.831. The summed E-state index contributed by atoms with van der Waals surface area (Å²) in [6.07, 6.45) is 3.95. The standard InChI is InChI=1S/C14H24N4O2/c1-12-9-15-18(10-12)4-3-14(20)17-7-5-16(6-8-17)11-13(2)19/h9-10,13,19H,3-8,11H2,1-2H3/t13-/m0/s1. The van der Waals surface area contributed by atoms with Crippen LogP contribution in [0.3, 0.4) is 0 Å². The van der Waals surface area contributed by atoms with Crippen LogP contribution >= 0.6 is 0 Å². The molecule has 1 fully saturated rings. The van der Waals surface area contributed by atoms with E-state index >= 15 is 0 Å². The first-order valence-corrected chi connectivity index (χ1v) is 7.22. The normalized spacial score (nSPS) is 18.2. The number of rotatable bonds is 5. The molecule has 0 unspecified atom stereocenters. The molecule has 1 saturated heterocycles. The van der Waals surface area contributed by atoms with Crippen molar-refractivity contribution in [2.45, 2.75) is 32.9 Å². The second kappa shape index (κ2) is 6.85. The van der Waals surface area contributed by atoms with Crippen molar-refractivity contribution in [1.82, 2.24) is 19.6 Å². The molecule has 1 amide bonds. The summed E-state index contributed by atoms with van der Waals surface area (Å²) in [5.74, 6) is 0.190. The highest BCUT2D eigenvalue weighted by atomic mass is 16.3. The molecule has 0 aliphatic carbocycles. The summed E-state index contributed by atoms with van der Waals surface area (Å²) in [6.45, 7) is 8.31. The Balaban J connectivity index is 1.72. The number of piperazine rings is 1. The van der Waals surface area contributed by atoms with Crippen molar-refractivity contribution < 1.29 is 9.90 Å². The third-order valence-corrected chi connectivity index (χ3v) is 3.56. The topological polar surface area (TPSA) is 61.6 Å². The van der Waals surface area contributed by atoms with Crippen LogP contribution < -0.4 is 0 Å². The van der Waals surface area contributed by atoms with Gasteiger partial charge in [0.25, 0.3) is 0 Å². The van der Waals surface area contributed by atoms with Crippen LogP contribution in [0.15, 0.2) is 12.4 Å². The zero-order valence-corrected chi connectivity index (χ0v) is 12.3. The largest absolute Gasteiger partial charge is 0.392 e. The maximum atomic E-state index is 12.1. The lowest BCUT2D eigenvalue weighted by Crippen LogP contribution is -2.50. The van der Waals surface area contributed by atoms with Gasteiger partial charge >= 0.3 is 0 Å². The van der Waals surface area contributed by atoms with Crippen molar-refractivity contribution in [3.63, 3.8) is 0 Å². The minimum absolute atomic E-state index is 0.190. The van der Waals surface area contributed by atoms with Crippen molar-refractivity contribution in [2.24, 2.45) is 0 Å². The van der Waals surface area contributed by atoms with Crippen molar-refractivity contribution in [1.29, 1.82) is 0 Å². The average Bonchev–Trinajstić information content (AvgIpc) is 2.82. The van der Waals surface area contributed by atoms with Gasteiger partial charge in [0.1, 0.15) is 0 Å². The number of nitrogens with zero attached hydrogens (tertiary/aromatic N) is 4. The van der Waals surface area contributed by atoms with E-state index in [0.717, 1.165) is 31.7 Å². The van der Waals surface area contributed by atoms with Crippen molar-refractivity contribution >= 4 is 5.91 Å². The zero-order chi connectivity index (χ0) is 14.5. The summed E-state index contributed by atoms with van der Waals surface area (Å²) in [6, 6.07) is 0. The van der Waals surface area contributed by atoms with E-state index < -0.39 is 0 Å². The van der Waals surface area contributed by atoms with Crippen LogP contribution in [0.2, 0.25) is 0 Å². The predicted octanol–water partition coefficient (Wildman–Crippen LogP) is 0.107. The number of aliphatic hydroxyl groups is 1. The Bertz CT molecular complexity index is 436. The highest BCUT2D eigenvalue weighted by molar-refractivity contribution is 5.76. The summed E-state index contributed by atoms with van der Waals surface area (Å²) in [4.78, 5) is 16.2. The van der Waals surface area contributed by atoms with E-state index in [1.807, 2.05) is 22.7 Å². The predicted molar refractivity (Wildman–Crippen MR) is 76.3 cm³/mol. The lowest BCUT2D eigenvalue weighted by Gasteiger charge is -2.35. The minimum Gasteiger partial charge on any atom is -0.392 e. The van der Waals surface area contributed by atoms with E-state index in [4.69, 9.17) is 0 Å². The molecule has 20 heavy (non-hydrogen) atoms. The van der Waals surface area contributed by atoms with Crippen molar-refractivity contribution in [2.75, 3.05) is 32.7 Å². The number of amides is 1. The summed E-state index contributed by atoms with van der Waals surface area (Å²) in [5, 5.41) is 13.5. The van der Waals surface area contributed by atoms with Crippen LogP contribution in [0.4, 0.5) is 0 Å². The Labute approximate surface area is 120 Å². The van der Waals surface area contributed by atoms with Gasteiger partial charge in [-0.15, -0.1) is 0 Å². The van der Waals surface area contributed by atoms with E-state index in [9.17, 15) is 9.90 Å². The molecule has 2 rings (SSSR count). The van der Waals surface area contributed by atoms with Crippen LogP contribution in [0.25, 0.3) is 0 Å². The number of β-amino-alcohol motifs (C(OH)–C–C–N with tert-alkyl or cyclic N) is 1. The summed E-state index contributed by atoms with van der Waals surface area (Å²) >= 11 is 0. The molecule has 112 valence electrons. The van der Waals surface area contributed by atoms with Gasteiger partial charge in [-0.1, -0.05) is 0 Å². The van der Waals surface area contributed by atoms with Gasteiger partial charge in [-0.25, -0.2) is 0 Å². The smallest absolute Gasteiger partial charge is 0.224 e. The van der Waals surface area contributed by atoms with Crippen LogP contribution in [-0.4, -0.2) is 69.4 Å². The van der Waals surface area contributed by atoms with Crippen molar-refractivity contribution in [3.8, 4) is 0 Å². The zero-order valence-electron chi connectivity index (χ0n) is 12.3. The third-order valence-electron chi connectivity index (χ3n) is 3.56. The van der Waals surface area contributed by atoms with E-state index in [0.29, 0.717) is 19.5 Å². The first kappa shape index (κ1) is 15.0. The van der Waals surface area contributed by atoms with Gasteiger partial charge in [0.05, 0.1) is 12.3 Å². The van der Waals surface area contributed by atoms with Gasteiger partial charge in [-0.3, -0.25) is 14.4 Å². The molecule has 1 aromatic heterocycles. The van der Waals surface area contributed by atoms with Crippen LogP contribution in [0.1, 0.15) is 18.9 Å². The lowest BCUT2D eigenvalue weighted by atomic mass is 10.2. The second-order valence-corrected chi connectivity index (χ2v) is 5.56. The minimum atomic E-state index is -0.305. The van der Waals surface area contributed by atoms with E-state index in [1.165, 1.54) is 0 Å². The van der Waals surface area contributed by atoms with Crippen LogP contribution in [-0.2, 0) is 11.3 Å². The molecule has 1 N–H and O–H groups in total. The number of carbonyl (C=O) groups excluding carboxylic acids is 1. The molecular formula is C14H24N4O2. The molecule has 0 spiro atoms. The summed E-state index contributed by atoms with van der Waals surface area (Å²) in [7, 11) is 0. The number of carbonyl (C=O) groups is 1. The van der Waals surface area contributed by atoms with Crippen molar-refractivity contribution in [3.05, 3.63) is 18.0 Å². The fourth-order valence-electron chi connectivity index (χ4n) is 2.51. The SMILES string of the molecule is Cc1cnn(CCC(=O)N2CCN(C[C@H](C)O)CC2)c1. The van der Waals surface area contributed by atoms with Crippen LogP contribution in [0.5, 0.6) is 0 Å². The summed E-state index contributed by atoms with van der Waals surface area (Å²) < 4.78 is 1.82. The molecule has 6 nitrogen and oxygen atoms in total. The Morgan fingerprint density at radius 2 is 2.10 bits per heavy atom. The van der Waals surface area contributed by atoms with Gasteiger partial charge in [-0.05, 0) is 19.4 Å². The van der Waals surface area contributed by atoms with E-state index in [2.05, 4.69) is 10.00 Å². The number of hydrogen-bond acceptors (Lipinski definition) is 4. The highest BCUT2D eigenvalue weighted by Crippen LogP contribution is 2.06. The van der Waals surface area contributed by atoms with Crippen LogP contribution in [0, 0.1) is 6.92 Å². The monoisotopic (exact) mass is 280 g/mol. The molecule has 1 aliphatic rings. The Hall–Kier alpha value is -1.40. The van der Waals surface area contributed by atoms with Gasteiger partial charge < -0.3 is 10.0 Å². The van der Waals surface area contributed by atoms with Gasteiger partial charge in [0.2, 0.25) is 5.91 Å². The molecule has 1 aromatic rings. The number of aromatic nitrogens is 2. The maximum Gasteiger partial charge on any atom is 0.224 e. The average molecular weight is 280 g/mol. The highest BCUT2D eigenvalue weighted by Gasteiger charge is 2.21. The molecular weight excluding hydrogens is 256 g/mol. The molecule has 0 bridgehead atoms. The Morgan fingerprint density at radius 3 is 2.65 bits per heavy atom.